The highest BCUT2D eigenvalue weighted by molar-refractivity contribution is 5.82. The average molecular weight is 286 g/mol. The van der Waals surface area contributed by atoms with E-state index in [9.17, 15) is 0 Å². The van der Waals surface area contributed by atoms with Crippen molar-refractivity contribution in [1.29, 1.82) is 0 Å². The molecule has 0 radical (unpaired) electrons. The summed E-state index contributed by atoms with van der Waals surface area (Å²) in [5, 5.41) is 4.86. The molecule has 114 valence electrons. The van der Waals surface area contributed by atoms with Gasteiger partial charge in [0, 0.05) is 23.5 Å². The molecule has 2 aromatic rings. The van der Waals surface area contributed by atoms with Crippen molar-refractivity contribution >= 4 is 11.0 Å². The number of fused-ring (bicyclic) bond motifs is 1. The van der Waals surface area contributed by atoms with Crippen molar-refractivity contribution < 1.29 is 4.42 Å². The van der Waals surface area contributed by atoms with Crippen LogP contribution in [0.2, 0.25) is 0 Å². The zero-order chi connectivity index (χ0) is 14.7. The molecule has 0 amide bonds. The fourth-order valence-corrected chi connectivity index (χ4v) is 2.88. The molecular formula is C18H26N2O. The molecule has 1 aromatic carbocycles. The number of para-hydroxylation sites is 1. The number of furan rings is 1. The Balaban J connectivity index is 1.86. The van der Waals surface area contributed by atoms with Crippen molar-refractivity contribution in [2.45, 2.75) is 52.2 Å². The molecule has 1 aromatic heterocycles. The third kappa shape index (κ3) is 3.47. The molecule has 0 aliphatic heterocycles. The summed E-state index contributed by atoms with van der Waals surface area (Å²) in [4.78, 5) is 2.50. The van der Waals surface area contributed by atoms with Gasteiger partial charge in [-0.05, 0) is 38.4 Å². The molecule has 1 heterocycles. The molecule has 0 spiro atoms. The topological polar surface area (TPSA) is 28.4 Å². The number of hydrogen-bond acceptors (Lipinski definition) is 3. The van der Waals surface area contributed by atoms with E-state index in [1.165, 1.54) is 30.2 Å². The maximum absolute atomic E-state index is 6.11. The predicted octanol–water partition coefficient (Wildman–Crippen LogP) is 3.92. The Bertz CT molecular complexity index is 586. The second kappa shape index (κ2) is 6.63. The zero-order valence-corrected chi connectivity index (χ0v) is 13.2. The summed E-state index contributed by atoms with van der Waals surface area (Å²) in [5.74, 6) is 1.12. The lowest BCUT2D eigenvalue weighted by molar-refractivity contribution is 0.278. The van der Waals surface area contributed by atoms with Crippen LogP contribution >= 0.6 is 0 Å². The van der Waals surface area contributed by atoms with Gasteiger partial charge >= 0.3 is 0 Å². The van der Waals surface area contributed by atoms with Crippen molar-refractivity contribution in [1.82, 2.24) is 10.2 Å². The molecular weight excluding hydrogens is 260 g/mol. The minimum atomic E-state index is 0.712. The Morgan fingerprint density at radius 1 is 1.24 bits per heavy atom. The van der Waals surface area contributed by atoms with Gasteiger partial charge in [0.1, 0.15) is 11.3 Å². The molecule has 1 fully saturated rings. The first-order chi connectivity index (χ1) is 10.3. The SMILES string of the molecule is CCCN(CC)Cc1c(CNC2CC2)oc2ccccc12. The summed E-state index contributed by atoms with van der Waals surface area (Å²) in [7, 11) is 0. The minimum Gasteiger partial charge on any atom is -0.459 e. The van der Waals surface area contributed by atoms with Crippen LogP contribution in [0.25, 0.3) is 11.0 Å². The number of hydrogen-bond donors (Lipinski definition) is 1. The van der Waals surface area contributed by atoms with Crippen LogP contribution in [0.1, 0.15) is 44.4 Å². The van der Waals surface area contributed by atoms with E-state index in [1.54, 1.807) is 0 Å². The highest BCUT2D eigenvalue weighted by atomic mass is 16.3. The van der Waals surface area contributed by atoms with Crippen molar-refractivity contribution in [2.24, 2.45) is 0 Å². The molecule has 0 unspecified atom stereocenters. The molecule has 3 rings (SSSR count). The standard InChI is InChI=1S/C18H26N2O/c1-3-11-20(4-2)13-16-15-7-5-6-8-17(15)21-18(16)12-19-14-9-10-14/h5-8,14,19H,3-4,9-13H2,1-2H3. The van der Waals surface area contributed by atoms with Crippen LogP contribution in [-0.2, 0) is 13.1 Å². The van der Waals surface area contributed by atoms with Gasteiger partial charge in [-0.1, -0.05) is 32.0 Å². The average Bonchev–Trinajstić information content (AvgIpc) is 3.27. The van der Waals surface area contributed by atoms with Gasteiger partial charge in [-0.15, -0.1) is 0 Å². The molecule has 0 atom stereocenters. The maximum atomic E-state index is 6.11. The van der Waals surface area contributed by atoms with Crippen molar-refractivity contribution in [3.63, 3.8) is 0 Å². The second-order valence-electron chi connectivity index (χ2n) is 6.02. The number of rotatable bonds is 8. The van der Waals surface area contributed by atoms with Gasteiger partial charge in [0.2, 0.25) is 0 Å². The van der Waals surface area contributed by atoms with E-state index >= 15 is 0 Å². The lowest BCUT2D eigenvalue weighted by Crippen LogP contribution is -2.24. The van der Waals surface area contributed by atoms with Gasteiger partial charge in [-0.25, -0.2) is 0 Å². The van der Waals surface area contributed by atoms with E-state index in [2.05, 4.69) is 48.3 Å². The van der Waals surface area contributed by atoms with Crippen molar-refractivity contribution in [3.8, 4) is 0 Å². The van der Waals surface area contributed by atoms with Crippen LogP contribution in [0.15, 0.2) is 28.7 Å². The van der Waals surface area contributed by atoms with Crippen LogP contribution in [0.4, 0.5) is 0 Å². The van der Waals surface area contributed by atoms with E-state index in [4.69, 9.17) is 4.42 Å². The second-order valence-corrected chi connectivity index (χ2v) is 6.02. The summed E-state index contributed by atoms with van der Waals surface area (Å²) in [6.07, 6.45) is 3.82. The first kappa shape index (κ1) is 14.6. The summed E-state index contributed by atoms with van der Waals surface area (Å²) in [6.45, 7) is 8.56. The third-order valence-electron chi connectivity index (χ3n) is 4.28. The normalized spacial score (nSPS) is 15.2. The lowest BCUT2D eigenvalue weighted by atomic mass is 10.1. The molecule has 1 N–H and O–H groups in total. The highest BCUT2D eigenvalue weighted by Gasteiger charge is 2.22. The number of nitrogens with one attached hydrogen (secondary N) is 1. The molecule has 1 aliphatic rings. The summed E-state index contributed by atoms with van der Waals surface area (Å²) >= 11 is 0. The fourth-order valence-electron chi connectivity index (χ4n) is 2.88. The fraction of sp³-hybridized carbons (Fsp3) is 0.556. The van der Waals surface area contributed by atoms with Crippen LogP contribution in [0, 0.1) is 0 Å². The molecule has 3 nitrogen and oxygen atoms in total. The first-order valence-electron chi connectivity index (χ1n) is 8.26. The van der Waals surface area contributed by atoms with Gasteiger partial charge in [-0.3, -0.25) is 4.90 Å². The molecule has 1 aliphatic carbocycles. The summed E-state index contributed by atoms with van der Waals surface area (Å²) in [6, 6.07) is 9.14. The van der Waals surface area contributed by atoms with Crippen LogP contribution in [0.3, 0.4) is 0 Å². The van der Waals surface area contributed by atoms with Gasteiger partial charge in [0.05, 0.1) is 6.54 Å². The quantitative estimate of drug-likeness (QED) is 0.797. The molecule has 1 saturated carbocycles. The minimum absolute atomic E-state index is 0.712. The van der Waals surface area contributed by atoms with E-state index < -0.39 is 0 Å². The van der Waals surface area contributed by atoms with Crippen LogP contribution < -0.4 is 5.32 Å². The molecule has 0 bridgehead atoms. The van der Waals surface area contributed by atoms with E-state index in [-0.39, 0.29) is 0 Å². The third-order valence-corrected chi connectivity index (χ3v) is 4.28. The number of benzene rings is 1. The molecule has 21 heavy (non-hydrogen) atoms. The Kier molecular flexibility index (Phi) is 4.61. The lowest BCUT2D eigenvalue weighted by Gasteiger charge is -2.19. The largest absolute Gasteiger partial charge is 0.459 e. The molecule has 3 heteroatoms. The Labute approximate surface area is 127 Å². The molecule has 0 saturated heterocycles. The van der Waals surface area contributed by atoms with E-state index in [0.29, 0.717) is 6.04 Å². The Morgan fingerprint density at radius 2 is 2.05 bits per heavy atom. The smallest absolute Gasteiger partial charge is 0.134 e. The Hall–Kier alpha value is -1.32. The van der Waals surface area contributed by atoms with Crippen molar-refractivity contribution in [3.05, 3.63) is 35.6 Å². The monoisotopic (exact) mass is 286 g/mol. The van der Waals surface area contributed by atoms with E-state index in [0.717, 1.165) is 37.5 Å². The summed E-state index contributed by atoms with van der Waals surface area (Å²) < 4.78 is 6.11. The number of nitrogens with zero attached hydrogens (tertiary/aromatic N) is 1. The predicted molar refractivity (Wildman–Crippen MR) is 87.3 cm³/mol. The summed E-state index contributed by atoms with van der Waals surface area (Å²) in [5.41, 5.74) is 2.39. The highest BCUT2D eigenvalue weighted by Crippen LogP contribution is 2.28. The van der Waals surface area contributed by atoms with E-state index in [1.807, 2.05) is 0 Å². The van der Waals surface area contributed by atoms with Crippen LogP contribution in [-0.4, -0.2) is 24.0 Å². The zero-order valence-electron chi connectivity index (χ0n) is 13.2. The first-order valence-corrected chi connectivity index (χ1v) is 8.26. The maximum Gasteiger partial charge on any atom is 0.134 e. The van der Waals surface area contributed by atoms with Gasteiger partial charge in [-0.2, -0.15) is 0 Å². The van der Waals surface area contributed by atoms with Gasteiger partial charge < -0.3 is 9.73 Å². The van der Waals surface area contributed by atoms with Gasteiger partial charge in [0.15, 0.2) is 0 Å². The van der Waals surface area contributed by atoms with Gasteiger partial charge in [0.25, 0.3) is 0 Å². The Morgan fingerprint density at radius 3 is 2.76 bits per heavy atom. The van der Waals surface area contributed by atoms with Crippen molar-refractivity contribution in [2.75, 3.05) is 13.1 Å². The van der Waals surface area contributed by atoms with Crippen LogP contribution in [0.5, 0.6) is 0 Å².